The van der Waals surface area contributed by atoms with E-state index >= 15 is 0 Å². The van der Waals surface area contributed by atoms with E-state index in [1.54, 1.807) is 14.2 Å². The van der Waals surface area contributed by atoms with Crippen LogP contribution in [0, 0.1) is 6.92 Å². The first-order valence-corrected chi connectivity index (χ1v) is 8.54. The molecule has 1 aliphatic rings. The second-order valence-corrected chi connectivity index (χ2v) is 6.61. The van der Waals surface area contributed by atoms with Gasteiger partial charge < -0.3 is 14.4 Å². The van der Waals surface area contributed by atoms with Crippen LogP contribution in [0.15, 0.2) is 34.9 Å². The van der Waals surface area contributed by atoms with E-state index in [-0.39, 0.29) is 6.04 Å². The lowest BCUT2D eigenvalue weighted by atomic mass is 10.0. The van der Waals surface area contributed by atoms with Gasteiger partial charge in [-0.1, -0.05) is 0 Å². The second-order valence-electron chi connectivity index (χ2n) is 5.75. The van der Waals surface area contributed by atoms with Gasteiger partial charge in [0.2, 0.25) is 0 Å². The van der Waals surface area contributed by atoms with Crippen LogP contribution < -0.4 is 14.4 Å². The van der Waals surface area contributed by atoms with Crippen molar-refractivity contribution in [3.63, 3.8) is 0 Å². The van der Waals surface area contributed by atoms with Gasteiger partial charge in [-0.25, -0.2) is 4.98 Å². The highest BCUT2D eigenvalue weighted by Crippen LogP contribution is 2.41. The number of ether oxygens (including phenoxy) is 2. The minimum Gasteiger partial charge on any atom is -0.497 e. The second kappa shape index (κ2) is 6.79. The molecule has 1 saturated heterocycles. The van der Waals surface area contributed by atoms with Crippen molar-refractivity contribution >= 4 is 21.7 Å². The van der Waals surface area contributed by atoms with Crippen LogP contribution in [-0.4, -0.2) is 25.7 Å². The smallest absolute Gasteiger partial charge is 0.129 e. The number of aryl methyl sites for hydroxylation is 1. The molecule has 4 nitrogen and oxygen atoms in total. The SMILES string of the molecule is COc1ccc(OC)c(C2CCCN2c2cc(C)c(Br)cn2)c1. The molecule has 0 radical (unpaired) electrons. The molecule has 2 heterocycles. The fourth-order valence-corrected chi connectivity index (χ4v) is 3.36. The number of anilines is 1. The first-order valence-electron chi connectivity index (χ1n) is 7.74. The number of pyridine rings is 1. The van der Waals surface area contributed by atoms with Gasteiger partial charge in [0.25, 0.3) is 0 Å². The van der Waals surface area contributed by atoms with Crippen LogP contribution in [0.5, 0.6) is 11.5 Å². The predicted molar refractivity (Wildman–Crippen MR) is 95.5 cm³/mol. The van der Waals surface area contributed by atoms with Gasteiger partial charge in [-0.3, -0.25) is 0 Å². The number of benzene rings is 1. The molecule has 3 rings (SSSR count). The summed E-state index contributed by atoms with van der Waals surface area (Å²) in [5, 5.41) is 0. The van der Waals surface area contributed by atoms with Crippen LogP contribution in [0.25, 0.3) is 0 Å². The molecule has 0 aliphatic carbocycles. The molecule has 1 aromatic heterocycles. The average molecular weight is 377 g/mol. The normalized spacial score (nSPS) is 17.4. The van der Waals surface area contributed by atoms with Gasteiger partial charge >= 0.3 is 0 Å². The summed E-state index contributed by atoms with van der Waals surface area (Å²) in [6, 6.07) is 8.38. The Balaban J connectivity index is 1.99. The predicted octanol–water partition coefficient (Wildman–Crippen LogP) is 4.51. The Labute approximate surface area is 145 Å². The Hall–Kier alpha value is -1.75. The van der Waals surface area contributed by atoms with Crippen molar-refractivity contribution in [2.24, 2.45) is 0 Å². The molecule has 0 N–H and O–H groups in total. The summed E-state index contributed by atoms with van der Waals surface area (Å²) in [4.78, 5) is 6.96. The van der Waals surface area contributed by atoms with Gasteiger partial charge in [-0.15, -0.1) is 0 Å². The van der Waals surface area contributed by atoms with E-state index in [1.807, 2.05) is 18.3 Å². The molecule has 0 saturated carbocycles. The third-order valence-electron chi connectivity index (χ3n) is 4.38. The van der Waals surface area contributed by atoms with Crippen molar-refractivity contribution in [3.05, 3.63) is 46.1 Å². The Morgan fingerprint density at radius 1 is 1.22 bits per heavy atom. The highest BCUT2D eigenvalue weighted by Gasteiger charge is 2.30. The lowest BCUT2D eigenvalue weighted by Gasteiger charge is -2.28. The third-order valence-corrected chi connectivity index (χ3v) is 5.21. The largest absolute Gasteiger partial charge is 0.497 e. The standard InChI is InChI=1S/C18H21BrN2O2/c1-12-9-18(20-11-15(12)19)21-8-4-5-16(21)14-10-13(22-2)6-7-17(14)23-3/h6-7,9-11,16H,4-5,8H2,1-3H3. The van der Waals surface area contributed by atoms with Crippen molar-refractivity contribution in [3.8, 4) is 11.5 Å². The summed E-state index contributed by atoms with van der Waals surface area (Å²) in [5.74, 6) is 2.77. The van der Waals surface area contributed by atoms with E-state index < -0.39 is 0 Å². The summed E-state index contributed by atoms with van der Waals surface area (Å²) >= 11 is 3.52. The quantitative estimate of drug-likeness (QED) is 0.785. The van der Waals surface area contributed by atoms with Crippen LogP contribution in [0.3, 0.4) is 0 Å². The van der Waals surface area contributed by atoms with E-state index in [0.29, 0.717) is 0 Å². The zero-order chi connectivity index (χ0) is 16.4. The van der Waals surface area contributed by atoms with E-state index in [0.717, 1.165) is 46.7 Å². The van der Waals surface area contributed by atoms with Crippen LogP contribution in [0.2, 0.25) is 0 Å². The van der Waals surface area contributed by atoms with Gasteiger partial charge in [0.1, 0.15) is 17.3 Å². The number of halogens is 1. The molecule has 0 amide bonds. The maximum Gasteiger partial charge on any atom is 0.129 e. The minimum absolute atomic E-state index is 0.258. The molecule has 1 atom stereocenters. The van der Waals surface area contributed by atoms with Crippen molar-refractivity contribution in [2.45, 2.75) is 25.8 Å². The monoisotopic (exact) mass is 376 g/mol. The van der Waals surface area contributed by atoms with Crippen molar-refractivity contribution < 1.29 is 9.47 Å². The minimum atomic E-state index is 0.258. The van der Waals surface area contributed by atoms with E-state index in [2.05, 4.69) is 44.9 Å². The summed E-state index contributed by atoms with van der Waals surface area (Å²) in [6.45, 7) is 3.09. The van der Waals surface area contributed by atoms with Gasteiger partial charge in [0.15, 0.2) is 0 Å². The molecule has 23 heavy (non-hydrogen) atoms. The molecular formula is C18H21BrN2O2. The first-order chi connectivity index (χ1) is 11.1. The van der Waals surface area contributed by atoms with Crippen LogP contribution in [0.1, 0.15) is 30.0 Å². The first kappa shape index (κ1) is 16.1. The summed E-state index contributed by atoms with van der Waals surface area (Å²) in [5.41, 5.74) is 2.35. The maximum atomic E-state index is 5.57. The van der Waals surface area contributed by atoms with E-state index in [1.165, 1.54) is 5.56 Å². The van der Waals surface area contributed by atoms with Crippen LogP contribution in [0.4, 0.5) is 5.82 Å². The molecular weight excluding hydrogens is 356 g/mol. The lowest BCUT2D eigenvalue weighted by molar-refractivity contribution is 0.395. The number of methoxy groups -OCH3 is 2. The number of hydrogen-bond donors (Lipinski definition) is 0. The van der Waals surface area contributed by atoms with Crippen LogP contribution in [-0.2, 0) is 0 Å². The zero-order valence-corrected chi connectivity index (χ0v) is 15.3. The van der Waals surface area contributed by atoms with Gasteiger partial charge in [-0.2, -0.15) is 0 Å². The third kappa shape index (κ3) is 3.15. The highest BCUT2D eigenvalue weighted by atomic mass is 79.9. The summed E-state index contributed by atoms with van der Waals surface area (Å²) in [6.07, 6.45) is 4.10. The van der Waals surface area contributed by atoms with Crippen LogP contribution >= 0.6 is 15.9 Å². The van der Waals surface area contributed by atoms with Gasteiger partial charge in [-0.05, 0) is 65.5 Å². The Bertz CT molecular complexity index is 705. The number of rotatable bonds is 4. The molecule has 1 fully saturated rings. The molecule has 2 aromatic rings. The van der Waals surface area contributed by atoms with Crippen molar-refractivity contribution in [2.75, 3.05) is 25.7 Å². The van der Waals surface area contributed by atoms with E-state index in [9.17, 15) is 0 Å². The lowest BCUT2D eigenvalue weighted by Crippen LogP contribution is -2.24. The number of hydrogen-bond acceptors (Lipinski definition) is 4. The molecule has 122 valence electrons. The summed E-state index contributed by atoms with van der Waals surface area (Å²) in [7, 11) is 3.41. The Morgan fingerprint density at radius 3 is 2.74 bits per heavy atom. The summed E-state index contributed by atoms with van der Waals surface area (Å²) < 4.78 is 12.0. The van der Waals surface area contributed by atoms with Gasteiger partial charge in [0.05, 0.1) is 20.3 Å². The fraction of sp³-hybridized carbons (Fsp3) is 0.389. The topological polar surface area (TPSA) is 34.6 Å². The highest BCUT2D eigenvalue weighted by molar-refractivity contribution is 9.10. The average Bonchev–Trinajstić information content (AvgIpc) is 3.06. The molecule has 1 aromatic carbocycles. The molecule has 1 aliphatic heterocycles. The Kier molecular flexibility index (Phi) is 4.76. The fourth-order valence-electron chi connectivity index (χ4n) is 3.15. The van der Waals surface area contributed by atoms with Gasteiger partial charge in [0, 0.05) is 22.8 Å². The number of aromatic nitrogens is 1. The van der Waals surface area contributed by atoms with Crippen molar-refractivity contribution in [1.82, 2.24) is 4.98 Å². The molecule has 1 unspecified atom stereocenters. The molecule has 0 spiro atoms. The molecule has 5 heteroatoms. The molecule has 0 bridgehead atoms. The van der Waals surface area contributed by atoms with E-state index in [4.69, 9.17) is 9.47 Å². The maximum absolute atomic E-state index is 5.57. The number of nitrogens with zero attached hydrogens (tertiary/aromatic N) is 2. The zero-order valence-electron chi connectivity index (χ0n) is 13.7. The Morgan fingerprint density at radius 2 is 2.04 bits per heavy atom. The van der Waals surface area contributed by atoms with Crippen molar-refractivity contribution in [1.29, 1.82) is 0 Å².